The minimum Gasteiger partial charge on any atom is -0.321 e. The van der Waals surface area contributed by atoms with Crippen molar-refractivity contribution in [1.29, 1.82) is 0 Å². The van der Waals surface area contributed by atoms with Gasteiger partial charge in [0.2, 0.25) is 9.84 Å². The summed E-state index contributed by atoms with van der Waals surface area (Å²) < 4.78 is 26.1. The lowest BCUT2D eigenvalue weighted by molar-refractivity contribution is 0.103. The molecule has 2 aromatic carbocycles. The van der Waals surface area contributed by atoms with Crippen LogP contribution in [0.2, 0.25) is 0 Å². The standard InChI is InChI=1S/C17H12BrNO3S2/c18-12-5-4-6-13(11-12)19-17(20)15-9-10-16(23-15)24(21,22)14-7-2-1-3-8-14/h1-11H,(H,19,20). The van der Waals surface area contributed by atoms with Crippen LogP contribution in [0.25, 0.3) is 0 Å². The average Bonchev–Trinajstić information content (AvgIpc) is 3.07. The molecule has 1 heterocycles. The molecule has 0 saturated heterocycles. The number of sulfone groups is 1. The van der Waals surface area contributed by atoms with Gasteiger partial charge in [-0.1, -0.05) is 40.2 Å². The van der Waals surface area contributed by atoms with Crippen LogP contribution in [0.3, 0.4) is 0 Å². The molecule has 0 aliphatic heterocycles. The number of carbonyl (C=O) groups excluding carboxylic acids is 1. The zero-order chi connectivity index (χ0) is 17.2. The molecule has 0 saturated carbocycles. The third-order valence-corrected chi connectivity index (χ3v) is 7.04. The first-order valence-corrected chi connectivity index (χ1v) is 10.0. The van der Waals surface area contributed by atoms with Gasteiger partial charge in [0.1, 0.15) is 4.21 Å². The maximum atomic E-state index is 12.5. The highest BCUT2D eigenvalue weighted by Gasteiger charge is 2.21. The molecule has 1 N–H and O–H groups in total. The lowest BCUT2D eigenvalue weighted by atomic mass is 10.3. The largest absolute Gasteiger partial charge is 0.321 e. The molecule has 0 fully saturated rings. The number of rotatable bonds is 4. The second-order valence-corrected chi connectivity index (χ2v) is 9.08. The fourth-order valence-corrected chi connectivity index (χ4v) is 5.09. The Kier molecular flexibility index (Phi) is 4.84. The first-order chi connectivity index (χ1) is 11.5. The topological polar surface area (TPSA) is 63.2 Å². The van der Waals surface area contributed by atoms with Crippen LogP contribution >= 0.6 is 27.3 Å². The van der Waals surface area contributed by atoms with E-state index in [2.05, 4.69) is 21.2 Å². The Hall–Kier alpha value is -1.96. The first-order valence-electron chi connectivity index (χ1n) is 6.94. The van der Waals surface area contributed by atoms with Crippen LogP contribution in [0.4, 0.5) is 5.69 Å². The predicted molar refractivity (Wildman–Crippen MR) is 98.3 cm³/mol. The van der Waals surface area contributed by atoms with Gasteiger partial charge in [-0.3, -0.25) is 4.79 Å². The third kappa shape index (κ3) is 3.58. The summed E-state index contributed by atoms with van der Waals surface area (Å²) in [7, 11) is -3.60. The monoisotopic (exact) mass is 421 g/mol. The van der Waals surface area contributed by atoms with Gasteiger partial charge >= 0.3 is 0 Å². The SMILES string of the molecule is O=C(Nc1cccc(Br)c1)c1ccc(S(=O)(=O)c2ccccc2)s1. The van der Waals surface area contributed by atoms with Gasteiger partial charge in [0, 0.05) is 10.2 Å². The van der Waals surface area contributed by atoms with Crippen LogP contribution in [0.15, 0.2) is 80.3 Å². The molecule has 7 heteroatoms. The zero-order valence-electron chi connectivity index (χ0n) is 12.3. The summed E-state index contributed by atoms with van der Waals surface area (Å²) in [6.07, 6.45) is 0. The van der Waals surface area contributed by atoms with E-state index in [1.165, 1.54) is 24.3 Å². The fraction of sp³-hybridized carbons (Fsp3) is 0. The number of amides is 1. The van der Waals surface area contributed by atoms with Crippen LogP contribution < -0.4 is 5.32 Å². The van der Waals surface area contributed by atoms with Crippen molar-refractivity contribution in [3.05, 3.63) is 76.1 Å². The fourth-order valence-electron chi connectivity index (χ4n) is 2.06. The Bertz CT molecular complexity index is 982. The Balaban J connectivity index is 1.84. The molecular formula is C17H12BrNO3S2. The van der Waals surface area contributed by atoms with Gasteiger partial charge in [-0.2, -0.15) is 0 Å². The van der Waals surface area contributed by atoms with E-state index in [9.17, 15) is 13.2 Å². The van der Waals surface area contributed by atoms with Gasteiger partial charge in [0.15, 0.2) is 0 Å². The van der Waals surface area contributed by atoms with E-state index in [0.29, 0.717) is 10.6 Å². The van der Waals surface area contributed by atoms with Crippen molar-refractivity contribution in [2.45, 2.75) is 9.10 Å². The Labute approximate surface area is 152 Å². The van der Waals surface area contributed by atoms with Crippen LogP contribution in [0, 0.1) is 0 Å². The van der Waals surface area contributed by atoms with Gasteiger partial charge < -0.3 is 5.32 Å². The quantitative estimate of drug-likeness (QED) is 0.669. The van der Waals surface area contributed by atoms with Gasteiger partial charge in [0.25, 0.3) is 5.91 Å². The van der Waals surface area contributed by atoms with Crippen LogP contribution in [-0.2, 0) is 9.84 Å². The molecular weight excluding hydrogens is 410 g/mol. The molecule has 0 radical (unpaired) electrons. The van der Waals surface area contributed by atoms with Crippen molar-refractivity contribution in [2.24, 2.45) is 0 Å². The van der Waals surface area contributed by atoms with Crippen molar-refractivity contribution in [1.82, 2.24) is 0 Å². The molecule has 0 aliphatic carbocycles. The molecule has 1 aromatic heterocycles. The Morgan fingerprint density at radius 2 is 1.71 bits per heavy atom. The van der Waals surface area contributed by atoms with E-state index in [-0.39, 0.29) is 15.0 Å². The Morgan fingerprint density at radius 3 is 2.42 bits per heavy atom. The number of anilines is 1. The van der Waals surface area contributed by atoms with Crippen molar-refractivity contribution < 1.29 is 13.2 Å². The van der Waals surface area contributed by atoms with Crippen molar-refractivity contribution in [2.75, 3.05) is 5.32 Å². The van der Waals surface area contributed by atoms with Crippen LogP contribution in [-0.4, -0.2) is 14.3 Å². The maximum absolute atomic E-state index is 12.5. The van der Waals surface area contributed by atoms with Crippen LogP contribution in [0.5, 0.6) is 0 Å². The minimum absolute atomic E-state index is 0.146. The minimum atomic E-state index is -3.60. The summed E-state index contributed by atoms with van der Waals surface area (Å²) in [5.41, 5.74) is 0.634. The summed E-state index contributed by atoms with van der Waals surface area (Å²) >= 11 is 4.29. The van der Waals surface area contributed by atoms with E-state index < -0.39 is 9.84 Å². The number of thiophene rings is 1. The van der Waals surface area contributed by atoms with Crippen molar-refractivity contribution in [3.63, 3.8) is 0 Å². The molecule has 3 rings (SSSR count). The third-order valence-electron chi connectivity index (χ3n) is 3.21. The van der Waals surface area contributed by atoms with E-state index in [1.54, 1.807) is 36.4 Å². The van der Waals surface area contributed by atoms with E-state index in [4.69, 9.17) is 0 Å². The molecule has 3 aromatic rings. The summed E-state index contributed by atoms with van der Waals surface area (Å²) in [4.78, 5) is 12.8. The van der Waals surface area contributed by atoms with Crippen molar-refractivity contribution >= 4 is 48.7 Å². The molecule has 0 aliphatic rings. The van der Waals surface area contributed by atoms with E-state index >= 15 is 0 Å². The molecule has 1 amide bonds. The summed E-state index contributed by atoms with van der Waals surface area (Å²) in [5.74, 6) is -0.340. The number of hydrogen-bond acceptors (Lipinski definition) is 4. The maximum Gasteiger partial charge on any atom is 0.265 e. The number of nitrogens with one attached hydrogen (secondary N) is 1. The lowest BCUT2D eigenvalue weighted by Gasteiger charge is -2.04. The van der Waals surface area contributed by atoms with Crippen LogP contribution in [0.1, 0.15) is 9.67 Å². The molecule has 0 bridgehead atoms. The first kappa shape index (κ1) is 16.9. The highest BCUT2D eigenvalue weighted by Crippen LogP contribution is 2.28. The second kappa shape index (κ2) is 6.88. The number of carbonyl (C=O) groups is 1. The summed E-state index contributed by atoms with van der Waals surface area (Å²) in [5, 5.41) is 2.75. The van der Waals surface area contributed by atoms with Gasteiger partial charge in [-0.05, 0) is 42.5 Å². The highest BCUT2D eigenvalue weighted by molar-refractivity contribution is 9.10. The molecule has 4 nitrogen and oxygen atoms in total. The Morgan fingerprint density at radius 1 is 0.958 bits per heavy atom. The smallest absolute Gasteiger partial charge is 0.265 e. The molecule has 0 atom stereocenters. The number of benzene rings is 2. The molecule has 24 heavy (non-hydrogen) atoms. The normalized spacial score (nSPS) is 11.2. The predicted octanol–water partition coefficient (Wildman–Crippen LogP) is 4.60. The number of halogens is 1. The van der Waals surface area contributed by atoms with E-state index in [0.717, 1.165) is 15.8 Å². The highest BCUT2D eigenvalue weighted by atomic mass is 79.9. The molecule has 0 unspecified atom stereocenters. The number of hydrogen-bond donors (Lipinski definition) is 1. The van der Waals surface area contributed by atoms with Gasteiger partial charge in [-0.15, -0.1) is 11.3 Å². The van der Waals surface area contributed by atoms with Gasteiger partial charge in [-0.25, -0.2) is 8.42 Å². The van der Waals surface area contributed by atoms with Gasteiger partial charge in [0.05, 0.1) is 9.77 Å². The lowest BCUT2D eigenvalue weighted by Crippen LogP contribution is -2.09. The summed E-state index contributed by atoms with van der Waals surface area (Å²) in [6.45, 7) is 0. The van der Waals surface area contributed by atoms with E-state index in [1.807, 2.05) is 6.07 Å². The molecule has 122 valence electrons. The molecule has 0 spiro atoms. The zero-order valence-corrected chi connectivity index (χ0v) is 15.5. The van der Waals surface area contributed by atoms with Crippen molar-refractivity contribution in [3.8, 4) is 0 Å². The summed E-state index contributed by atoms with van der Waals surface area (Å²) in [6, 6.07) is 18.3. The second-order valence-electron chi connectivity index (χ2n) is 4.90. The average molecular weight is 422 g/mol.